The van der Waals surface area contributed by atoms with E-state index in [1.807, 2.05) is 50.2 Å². The monoisotopic (exact) mass is 627 g/mol. The number of rotatable bonds is 9. The molecular formula is C34H30ClN3O5S. The van der Waals surface area contributed by atoms with Crippen LogP contribution in [0.1, 0.15) is 56.0 Å². The van der Waals surface area contributed by atoms with Crippen LogP contribution in [0.15, 0.2) is 87.8 Å². The number of hydrogen-bond acceptors (Lipinski definition) is 8. The van der Waals surface area contributed by atoms with Crippen LogP contribution >= 0.6 is 22.9 Å². The maximum atomic E-state index is 14.2. The van der Waals surface area contributed by atoms with Crippen molar-refractivity contribution in [2.75, 3.05) is 6.61 Å². The number of allylic oxidation sites excluding steroid dienone is 1. The van der Waals surface area contributed by atoms with Crippen molar-refractivity contribution >= 4 is 35.0 Å². The maximum absolute atomic E-state index is 14.2. The predicted molar refractivity (Wildman–Crippen MR) is 170 cm³/mol. The van der Waals surface area contributed by atoms with E-state index in [9.17, 15) is 9.59 Å². The van der Waals surface area contributed by atoms with Crippen LogP contribution < -0.4 is 24.4 Å². The fraction of sp³-hybridized carbons (Fsp3) is 0.235. The standard InChI is InChI=1S/C34H30ClN3O5S/c1-5-41-33(40)30-21(4)37-34-38(31(30)26-8-6-7-9-28(26)43-20(2)3)32(39)29(44-34)17-24-16-25(35)14-15-27(24)42-19-23-12-10-22(18-36)11-13-23/h6-17,20,31H,5,19H2,1-4H3/b29-17-/t31-/m0/s1. The van der Waals surface area contributed by atoms with Crippen LogP contribution in [0.3, 0.4) is 0 Å². The quantitative estimate of drug-likeness (QED) is 0.221. The molecule has 0 unspecified atom stereocenters. The van der Waals surface area contributed by atoms with Crippen LogP contribution in [0, 0.1) is 11.3 Å². The van der Waals surface area contributed by atoms with E-state index in [4.69, 9.17) is 31.1 Å². The van der Waals surface area contributed by atoms with Gasteiger partial charge in [0, 0.05) is 16.1 Å². The Bertz CT molecular complexity index is 1970. The van der Waals surface area contributed by atoms with E-state index in [-0.39, 0.29) is 30.5 Å². The Morgan fingerprint density at radius 3 is 2.59 bits per heavy atom. The first-order chi connectivity index (χ1) is 21.2. The highest BCUT2D eigenvalue weighted by molar-refractivity contribution is 7.07. The van der Waals surface area contributed by atoms with Gasteiger partial charge in [0.25, 0.3) is 5.56 Å². The molecule has 0 bridgehead atoms. The fourth-order valence-corrected chi connectivity index (χ4v) is 6.11. The molecule has 1 atom stereocenters. The number of benzene rings is 3. The SMILES string of the molecule is CCOC(=O)C1=C(C)N=c2s/c(=C\c3cc(Cl)ccc3OCc3ccc(C#N)cc3)c(=O)n2[C@H]1c1ccccc1OC(C)C. The van der Waals surface area contributed by atoms with Crippen molar-refractivity contribution in [3.63, 3.8) is 0 Å². The van der Waals surface area contributed by atoms with Gasteiger partial charge in [-0.2, -0.15) is 5.26 Å². The molecule has 0 spiro atoms. The lowest BCUT2D eigenvalue weighted by molar-refractivity contribution is -0.139. The van der Waals surface area contributed by atoms with Crippen LogP contribution in [0.5, 0.6) is 11.5 Å². The maximum Gasteiger partial charge on any atom is 0.338 e. The third-order valence-corrected chi connectivity index (χ3v) is 8.05. The first-order valence-electron chi connectivity index (χ1n) is 14.1. The van der Waals surface area contributed by atoms with Gasteiger partial charge in [-0.25, -0.2) is 9.79 Å². The molecule has 1 aliphatic heterocycles. The van der Waals surface area contributed by atoms with Crippen molar-refractivity contribution in [1.29, 1.82) is 5.26 Å². The van der Waals surface area contributed by atoms with E-state index in [0.717, 1.165) is 5.56 Å². The molecule has 4 aromatic rings. The van der Waals surface area contributed by atoms with E-state index in [1.165, 1.54) is 15.9 Å². The molecular weight excluding hydrogens is 598 g/mol. The number of halogens is 1. The van der Waals surface area contributed by atoms with Gasteiger partial charge in [0.2, 0.25) is 0 Å². The second-order valence-corrected chi connectivity index (χ2v) is 11.7. The van der Waals surface area contributed by atoms with Crippen LogP contribution in [0.4, 0.5) is 0 Å². The number of carbonyl (C=O) groups excluding carboxylic acids is 1. The topological polar surface area (TPSA) is 103 Å². The normalized spacial score (nSPS) is 14.6. The molecule has 1 aliphatic rings. The molecule has 0 amide bonds. The molecule has 0 saturated heterocycles. The summed E-state index contributed by atoms with van der Waals surface area (Å²) in [6.45, 7) is 7.75. The number of ether oxygens (including phenoxy) is 3. The number of para-hydroxylation sites is 1. The van der Waals surface area contributed by atoms with Crippen molar-refractivity contribution in [2.24, 2.45) is 4.99 Å². The minimum absolute atomic E-state index is 0.131. The van der Waals surface area contributed by atoms with Crippen molar-refractivity contribution in [3.8, 4) is 17.6 Å². The summed E-state index contributed by atoms with van der Waals surface area (Å²) >= 11 is 7.57. The van der Waals surface area contributed by atoms with Gasteiger partial charge < -0.3 is 14.2 Å². The van der Waals surface area contributed by atoms with Gasteiger partial charge in [0.15, 0.2) is 4.80 Å². The molecule has 0 aliphatic carbocycles. The van der Waals surface area contributed by atoms with Gasteiger partial charge in [0.1, 0.15) is 24.1 Å². The number of nitriles is 1. The average Bonchev–Trinajstić information content (AvgIpc) is 3.30. The average molecular weight is 628 g/mol. The first-order valence-corrected chi connectivity index (χ1v) is 15.3. The van der Waals surface area contributed by atoms with Gasteiger partial charge in [-0.1, -0.05) is 53.3 Å². The molecule has 10 heteroatoms. The summed E-state index contributed by atoms with van der Waals surface area (Å²) in [4.78, 5) is 32.6. The number of hydrogen-bond donors (Lipinski definition) is 0. The number of aromatic nitrogens is 1. The highest BCUT2D eigenvalue weighted by Crippen LogP contribution is 2.36. The van der Waals surface area contributed by atoms with Gasteiger partial charge in [0.05, 0.1) is 40.1 Å². The Morgan fingerprint density at radius 1 is 1.14 bits per heavy atom. The predicted octanol–water partition coefficient (Wildman–Crippen LogP) is 5.69. The lowest BCUT2D eigenvalue weighted by Crippen LogP contribution is -2.40. The molecule has 224 valence electrons. The minimum atomic E-state index is -0.811. The molecule has 8 nitrogen and oxygen atoms in total. The van der Waals surface area contributed by atoms with Crippen molar-refractivity contribution in [2.45, 2.75) is 46.4 Å². The Kier molecular flexibility index (Phi) is 9.33. The van der Waals surface area contributed by atoms with Gasteiger partial charge >= 0.3 is 5.97 Å². The Labute approximate surface area is 263 Å². The summed E-state index contributed by atoms with van der Waals surface area (Å²) in [5.41, 5.74) is 3.13. The third kappa shape index (κ3) is 6.47. The van der Waals surface area contributed by atoms with E-state index in [0.29, 0.717) is 48.2 Å². The Morgan fingerprint density at radius 2 is 1.89 bits per heavy atom. The molecule has 5 rings (SSSR count). The minimum Gasteiger partial charge on any atom is -0.491 e. The van der Waals surface area contributed by atoms with Crippen LogP contribution in [-0.2, 0) is 16.1 Å². The van der Waals surface area contributed by atoms with Crippen LogP contribution in [0.25, 0.3) is 6.08 Å². The summed E-state index contributed by atoms with van der Waals surface area (Å²) in [6.07, 6.45) is 1.59. The zero-order chi connectivity index (χ0) is 31.4. The van der Waals surface area contributed by atoms with E-state index in [2.05, 4.69) is 11.1 Å². The highest BCUT2D eigenvalue weighted by Gasteiger charge is 2.35. The summed E-state index contributed by atoms with van der Waals surface area (Å²) in [7, 11) is 0. The van der Waals surface area contributed by atoms with Crippen molar-refractivity contribution < 1.29 is 19.0 Å². The van der Waals surface area contributed by atoms with Gasteiger partial charge in [-0.05, 0) is 75.7 Å². The Hall–Kier alpha value is -4.65. The summed E-state index contributed by atoms with van der Waals surface area (Å²) in [5.74, 6) is 0.549. The zero-order valence-corrected chi connectivity index (χ0v) is 26.2. The highest BCUT2D eigenvalue weighted by atomic mass is 35.5. The third-order valence-electron chi connectivity index (χ3n) is 6.83. The van der Waals surface area contributed by atoms with Gasteiger partial charge in [-0.15, -0.1) is 0 Å². The Balaban J connectivity index is 1.63. The summed E-state index contributed by atoms with van der Waals surface area (Å²) in [6, 6.07) is 21.0. The van der Waals surface area contributed by atoms with Crippen molar-refractivity contribution in [3.05, 3.63) is 125 Å². The van der Waals surface area contributed by atoms with Crippen LogP contribution in [-0.4, -0.2) is 23.2 Å². The van der Waals surface area contributed by atoms with E-state index >= 15 is 0 Å². The largest absolute Gasteiger partial charge is 0.491 e. The van der Waals surface area contributed by atoms with E-state index in [1.54, 1.807) is 50.3 Å². The van der Waals surface area contributed by atoms with E-state index < -0.39 is 12.0 Å². The van der Waals surface area contributed by atoms with Gasteiger partial charge in [-0.3, -0.25) is 9.36 Å². The number of carbonyl (C=O) groups is 1. The molecule has 0 saturated carbocycles. The first kappa shape index (κ1) is 30.8. The number of esters is 1. The fourth-order valence-electron chi connectivity index (χ4n) is 4.89. The number of thiazole rings is 1. The second-order valence-electron chi connectivity index (χ2n) is 10.3. The molecule has 2 heterocycles. The van der Waals surface area contributed by atoms with Crippen LogP contribution in [0.2, 0.25) is 5.02 Å². The number of fused-ring (bicyclic) bond motifs is 1. The second kappa shape index (κ2) is 13.3. The molecule has 0 radical (unpaired) electrons. The smallest absolute Gasteiger partial charge is 0.338 e. The lowest BCUT2D eigenvalue weighted by atomic mass is 9.95. The summed E-state index contributed by atoms with van der Waals surface area (Å²) in [5, 5.41) is 9.55. The molecule has 44 heavy (non-hydrogen) atoms. The number of nitrogens with zero attached hydrogens (tertiary/aromatic N) is 3. The molecule has 0 N–H and O–H groups in total. The van der Waals surface area contributed by atoms with Crippen molar-refractivity contribution in [1.82, 2.24) is 4.57 Å². The zero-order valence-electron chi connectivity index (χ0n) is 24.7. The molecule has 1 aromatic heterocycles. The molecule has 3 aromatic carbocycles. The lowest BCUT2D eigenvalue weighted by Gasteiger charge is -2.26. The summed E-state index contributed by atoms with van der Waals surface area (Å²) < 4.78 is 19.6. The molecule has 0 fully saturated rings.